The van der Waals surface area contributed by atoms with Crippen LogP contribution in [0.15, 0.2) is 53.7 Å². The molecule has 0 radical (unpaired) electrons. The minimum atomic E-state index is -0.593. The molecule has 0 unspecified atom stereocenters. The van der Waals surface area contributed by atoms with E-state index in [1.54, 1.807) is 14.2 Å². The third-order valence-corrected chi connectivity index (χ3v) is 5.37. The molecule has 0 bridgehead atoms. The van der Waals surface area contributed by atoms with Crippen LogP contribution in [-0.4, -0.2) is 63.0 Å². The molecule has 1 amide bonds. The predicted octanol–water partition coefficient (Wildman–Crippen LogP) is 2.55. The Morgan fingerprint density at radius 1 is 1.00 bits per heavy atom. The van der Waals surface area contributed by atoms with Gasteiger partial charge in [-0.1, -0.05) is 29.4 Å². The van der Waals surface area contributed by atoms with Gasteiger partial charge in [0.15, 0.2) is 11.5 Å². The normalized spacial score (nSPS) is 18.8. The number of nitrogens with zero attached hydrogens (tertiary/aromatic N) is 3. The molecule has 1 saturated heterocycles. The molecule has 0 saturated carbocycles. The summed E-state index contributed by atoms with van der Waals surface area (Å²) in [6.07, 6.45) is -0.175. The lowest BCUT2D eigenvalue weighted by molar-refractivity contribution is -0.142. The van der Waals surface area contributed by atoms with Crippen LogP contribution in [0.2, 0.25) is 0 Å². The number of methoxy groups -OCH3 is 2. The van der Waals surface area contributed by atoms with Crippen molar-refractivity contribution in [1.29, 1.82) is 0 Å². The lowest BCUT2D eigenvalue weighted by atomic mass is 10.0. The van der Waals surface area contributed by atoms with Gasteiger partial charge in [-0.25, -0.2) is 0 Å². The van der Waals surface area contributed by atoms with Gasteiger partial charge in [0.1, 0.15) is 0 Å². The van der Waals surface area contributed by atoms with E-state index in [0.717, 1.165) is 18.7 Å². The zero-order chi connectivity index (χ0) is 20.2. The first kappa shape index (κ1) is 19.1. The topological polar surface area (TPSA) is 63.6 Å². The lowest BCUT2D eigenvalue weighted by Crippen LogP contribution is -2.51. The van der Waals surface area contributed by atoms with E-state index in [-0.39, 0.29) is 5.91 Å². The summed E-state index contributed by atoms with van der Waals surface area (Å²) in [5.41, 5.74) is 2.67. The lowest BCUT2D eigenvalue weighted by Gasteiger charge is -2.36. The maximum atomic E-state index is 13.0. The van der Waals surface area contributed by atoms with Crippen LogP contribution in [0.25, 0.3) is 0 Å². The monoisotopic (exact) mass is 395 g/mol. The number of piperazine rings is 1. The van der Waals surface area contributed by atoms with Gasteiger partial charge in [-0.05, 0) is 24.3 Å². The summed E-state index contributed by atoms with van der Waals surface area (Å²) >= 11 is 0. The molecular weight excluding hydrogens is 370 g/mol. The first-order valence-electron chi connectivity index (χ1n) is 9.74. The Kier molecular flexibility index (Phi) is 5.55. The molecular formula is C22H25N3O4. The van der Waals surface area contributed by atoms with Gasteiger partial charge in [0.05, 0.1) is 19.9 Å². The van der Waals surface area contributed by atoms with Crippen molar-refractivity contribution in [1.82, 2.24) is 4.90 Å². The summed E-state index contributed by atoms with van der Waals surface area (Å²) in [7, 11) is 3.18. The van der Waals surface area contributed by atoms with Gasteiger partial charge in [-0.2, -0.15) is 0 Å². The van der Waals surface area contributed by atoms with Crippen LogP contribution in [0.4, 0.5) is 5.69 Å². The van der Waals surface area contributed by atoms with Crippen molar-refractivity contribution < 1.29 is 19.1 Å². The Bertz CT molecular complexity index is 892. The van der Waals surface area contributed by atoms with Crippen LogP contribution in [0.3, 0.4) is 0 Å². The van der Waals surface area contributed by atoms with Crippen LogP contribution in [0.1, 0.15) is 12.0 Å². The summed E-state index contributed by atoms with van der Waals surface area (Å²) < 4.78 is 10.8. The number of carbonyl (C=O) groups excluding carboxylic acids is 1. The van der Waals surface area contributed by atoms with Gasteiger partial charge < -0.3 is 24.1 Å². The molecule has 0 aromatic heterocycles. The fourth-order valence-electron chi connectivity index (χ4n) is 3.81. The minimum absolute atomic E-state index is 0.0154. The fourth-order valence-corrected chi connectivity index (χ4v) is 3.81. The highest BCUT2D eigenvalue weighted by Crippen LogP contribution is 2.33. The molecule has 0 N–H and O–H groups in total. The van der Waals surface area contributed by atoms with Crippen molar-refractivity contribution in [2.24, 2.45) is 5.16 Å². The number of anilines is 1. The van der Waals surface area contributed by atoms with Crippen LogP contribution in [0, 0.1) is 0 Å². The predicted molar refractivity (Wildman–Crippen MR) is 111 cm³/mol. The Hall–Kier alpha value is -3.22. The van der Waals surface area contributed by atoms with E-state index in [1.165, 1.54) is 5.69 Å². The van der Waals surface area contributed by atoms with Crippen LogP contribution < -0.4 is 14.4 Å². The van der Waals surface area contributed by atoms with Crippen molar-refractivity contribution in [2.75, 3.05) is 45.3 Å². The summed E-state index contributed by atoms with van der Waals surface area (Å²) in [5.74, 6) is 1.21. The zero-order valence-corrected chi connectivity index (χ0v) is 16.7. The molecule has 0 spiro atoms. The standard InChI is InChI=1S/C22H25N3O4/c1-27-19-10-6-9-17(21(19)28-2)18-15-20(29-23-18)22(26)25-13-11-24(12-14-25)16-7-4-3-5-8-16/h3-10,20H,11-15H2,1-2H3/t20-/m1/s1. The molecule has 2 heterocycles. The van der Waals surface area contributed by atoms with Crippen LogP contribution >= 0.6 is 0 Å². The second-order valence-electron chi connectivity index (χ2n) is 7.03. The van der Waals surface area contributed by atoms with E-state index in [0.29, 0.717) is 36.7 Å². The Labute approximate surface area is 170 Å². The van der Waals surface area contributed by atoms with E-state index in [9.17, 15) is 4.79 Å². The van der Waals surface area contributed by atoms with Crippen molar-refractivity contribution >= 4 is 17.3 Å². The molecule has 0 aliphatic carbocycles. The Morgan fingerprint density at radius 3 is 2.45 bits per heavy atom. The number of hydrogen-bond acceptors (Lipinski definition) is 6. The zero-order valence-electron chi connectivity index (χ0n) is 16.7. The molecule has 2 aromatic rings. The smallest absolute Gasteiger partial charge is 0.267 e. The average Bonchev–Trinajstić information content (AvgIpc) is 3.28. The van der Waals surface area contributed by atoms with E-state index in [4.69, 9.17) is 14.3 Å². The molecule has 7 heteroatoms. The number of carbonyl (C=O) groups is 1. The molecule has 4 rings (SSSR count). The SMILES string of the molecule is COc1cccc(C2=NO[C@@H](C(=O)N3CCN(c4ccccc4)CC3)C2)c1OC. The number of oxime groups is 1. The van der Waals surface area contributed by atoms with Gasteiger partial charge in [-0.3, -0.25) is 4.79 Å². The number of para-hydroxylation sites is 2. The van der Waals surface area contributed by atoms with Gasteiger partial charge in [0.25, 0.3) is 5.91 Å². The first-order chi connectivity index (χ1) is 14.2. The average molecular weight is 395 g/mol. The van der Waals surface area contributed by atoms with Crippen LogP contribution in [0.5, 0.6) is 11.5 Å². The van der Waals surface area contributed by atoms with Crippen molar-refractivity contribution in [3.63, 3.8) is 0 Å². The second-order valence-corrected chi connectivity index (χ2v) is 7.03. The van der Waals surface area contributed by atoms with E-state index >= 15 is 0 Å². The Balaban J connectivity index is 1.38. The molecule has 1 atom stereocenters. The number of amides is 1. The van der Waals surface area contributed by atoms with E-state index < -0.39 is 6.10 Å². The van der Waals surface area contributed by atoms with Crippen molar-refractivity contribution in [3.8, 4) is 11.5 Å². The number of hydrogen-bond donors (Lipinski definition) is 0. The molecule has 1 fully saturated rings. The number of benzene rings is 2. The largest absolute Gasteiger partial charge is 0.493 e. The van der Waals surface area contributed by atoms with E-state index in [2.05, 4.69) is 22.2 Å². The van der Waals surface area contributed by atoms with Crippen molar-refractivity contribution in [2.45, 2.75) is 12.5 Å². The summed E-state index contributed by atoms with van der Waals surface area (Å²) in [6, 6.07) is 15.9. The molecule has 2 aromatic carbocycles. The van der Waals surface area contributed by atoms with Gasteiger partial charge in [0, 0.05) is 43.9 Å². The summed E-state index contributed by atoms with van der Waals surface area (Å²) in [4.78, 5) is 22.6. The third-order valence-electron chi connectivity index (χ3n) is 5.37. The van der Waals surface area contributed by atoms with Crippen molar-refractivity contribution in [3.05, 3.63) is 54.1 Å². The minimum Gasteiger partial charge on any atom is -0.493 e. The molecule has 152 valence electrons. The second kappa shape index (κ2) is 8.43. The first-order valence-corrected chi connectivity index (χ1v) is 9.74. The van der Waals surface area contributed by atoms with E-state index in [1.807, 2.05) is 41.3 Å². The number of ether oxygens (including phenoxy) is 2. The molecule has 29 heavy (non-hydrogen) atoms. The molecule has 2 aliphatic heterocycles. The number of rotatable bonds is 5. The fraction of sp³-hybridized carbons (Fsp3) is 0.364. The van der Waals surface area contributed by atoms with Crippen LogP contribution in [-0.2, 0) is 9.63 Å². The third kappa shape index (κ3) is 3.85. The quantitative estimate of drug-likeness (QED) is 0.779. The summed E-state index contributed by atoms with van der Waals surface area (Å²) in [5, 5.41) is 4.17. The maximum absolute atomic E-state index is 13.0. The van der Waals surface area contributed by atoms with Gasteiger partial charge in [0.2, 0.25) is 6.10 Å². The maximum Gasteiger partial charge on any atom is 0.267 e. The highest BCUT2D eigenvalue weighted by atomic mass is 16.6. The Morgan fingerprint density at radius 2 is 1.76 bits per heavy atom. The van der Waals surface area contributed by atoms with Gasteiger partial charge in [-0.15, -0.1) is 0 Å². The summed E-state index contributed by atoms with van der Waals surface area (Å²) in [6.45, 7) is 2.95. The van der Waals surface area contributed by atoms with Gasteiger partial charge >= 0.3 is 0 Å². The molecule has 7 nitrogen and oxygen atoms in total. The molecule has 2 aliphatic rings. The highest BCUT2D eigenvalue weighted by Gasteiger charge is 2.35. The highest BCUT2D eigenvalue weighted by molar-refractivity contribution is 6.06.